The van der Waals surface area contributed by atoms with E-state index in [-0.39, 0.29) is 11.9 Å². The Morgan fingerprint density at radius 3 is 2.74 bits per heavy atom. The molecule has 0 radical (unpaired) electrons. The van der Waals surface area contributed by atoms with Crippen LogP contribution in [-0.2, 0) is 11.3 Å². The second-order valence-corrected chi connectivity index (χ2v) is 5.99. The van der Waals surface area contributed by atoms with Crippen LogP contribution in [0.15, 0.2) is 17.5 Å². The summed E-state index contributed by atoms with van der Waals surface area (Å²) in [4.78, 5) is 18.0. The summed E-state index contributed by atoms with van der Waals surface area (Å²) in [5, 5.41) is 5.03. The summed E-state index contributed by atoms with van der Waals surface area (Å²) in [6, 6.07) is 4.28. The van der Waals surface area contributed by atoms with Crippen LogP contribution < -0.4 is 5.32 Å². The SMILES string of the molecule is CCNC(=O)[C@H](C)N1CCN(Cc2cccs2)CC1. The van der Waals surface area contributed by atoms with Crippen molar-refractivity contribution in [1.29, 1.82) is 0 Å². The molecule has 0 unspecified atom stereocenters. The van der Waals surface area contributed by atoms with Crippen molar-refractivity contribution in [3.05, 3.63) is 22.4 Å². The normalized spacial score (nSPS) is 19.3. The van der Waals surface area contributed by atoms with Crippen LogP contribution in [0.2, 0.25) is 0 Å². The maximum Gasteiger partial charge on any atom is 0.237 e. The highest BCUT2D eigenvalue weighted by molar-refractivity contribution is 7.09. The Bertz CT molecular complexity index is 385. The van der Waals surface area contributed by atoms with Gasteiger partial charge in [0.05, 0.1) is 6.04 Å². The summed E-state index contributed by atoms with van der Waals surface area (Å²) in [7, 11) is 0. The molecule has 19 heavy (non-hydrogen) atoms. The first-order valence-electron chi connectivity index (χ1n) is 6.97. The third kappa shape index (κ3) is 4.03. The van der Waals surface area contributed by atoms with Crippen molar-refractivity contribution >= 4 is 17.2 Å². The van der Waals surface area contributed by atoms with E-state index in [4.69, 9.17) is 0 Å². The molecule has 1 amide bonds. The summed E-state index contributed by atoms with van der Waals surface area (Å²) in [5.41, 5.74) is 0. The van der Waals surface area contributed by atoms with Crippen LogP contribution in [0.25, 0.3) is 0 Å². The molecule has 1 N–H and O–H groups in total. The molecule has 0 spiro atoms. The maximum atomic E-state index is 11.8. The second-order valence-electron chi connectivity index (χ2n) is 4.96. The van der Waals surface area contributed by atoms with Gasteiger partial charge < -0.3 is 5.32 Å². The number of likely N-dealkylation sites (N-methyl/N-ethyl adjacent to an activating group) is 1. The lowest BCUT2D eigenvalue weighted by Crippen LogP contribution is -2.53. The van der Waals surface area contributed by atoms with Crippen LogP contribution in [0.5, 0.6) is 0 Å². The first-order chi connectivity index (χ1) is 9.20. The second kappa shape index (κ2) is 7.03. The minimum absolute atomic E-state index is 0.0103. The number of piperazine rings is 1. The van der Waals surface area contributed by atoms with Crippen molar-refractivity contribution in [2.24, 2.45) is 0 Å². The lowest BCUT2D eigenvalue weighted by Gasteiger charge is -2.37. The molecule has 1 saturated heterocycles. The number of hydrogen-bond donors (Lipinski definition) is 1. The first-order valence-corrected chi connectivity index (χ1v) is 7.85. The van der Waals surface area contributed by atoms with Gasteiger partial charge in [0.25, 0.3) is 0 Å². The summed E-state index contributed by atoms with van der Waals surface area (Å²) in [6.45, 7) is 9.75. The summed E-state index contributed by atoms with van der Waals surface area (Å²) in [6.07, 6.45) is 0. The van der Waals surface area contributed by atoms with Gasteiger partial charge in [-0.2, -0.15) is 0 Å². The summed E-state index contributed by atoms with van der Waals surface area (Å²) in [5.74, 6) is 0.147. The van der Waals surface area contributed by atoms with E-state index < -0.39 is 0 Å². The predicted molar refractivity (Wildman–Crippen MR) is 79.3 cm³/mol. The van der Waals surface area contributed by atoms with E-state index in [1.54, 1.807) is 0 Å². The third-order valence-corrected chi connectivity index (χ3v) is 4.51. The molecule has 1 aromatic heterocycles. The Morgan fingerprint density at radius 2 is 2.16 bits per heavy atom. The standard InChI is InChI=1S/C14H23N3OS/c1-3-15-14(18)12(2)17-8-6-16(7-9-17)11-13-5-4-10-19-13/h4-5,10,12H,3,6-9,11H2,1-2H3,(H,15,18)/t12-/m0/s1. The molecule has 1 aliphatic rings. The summed E-state index contributed by atoms with van der Waals surface area (Å²) < 4.78 is 0. The number of hydrogen-bond acceptors (Lipinski definition) is 4. The van der Waals surface area contributed by atoms with Crippen molar-refractivity contribution < 1.29 is 4.79 Å². The molecule has 106 valence electrons. The van der Waals surface area contributed by atoms with Crippen molar-refractivity contribution in [1.82, 2.24) is 15.1 Å². The van der Waals surface area contributed by atoms with Gasteiger partial charge in [0.2, 0.25) is 5.91 Å². The molecule has 0 aromatic carbocycles. The maximum absolute atomic E-state index is 11.8. The molecule has 2 rings (SSSR count). The van der Waals surface area contributed by atoms with Gasteiger partial charge >= 0.3 is 0 Å². The minimum Gasteiger partial charge on any atom is -0.355 e. The van der Waals surface area contributed by atoms with Crippen LogP contribution in [0.1, 0.15) is 18.7 Å². The third-order valence-electron chi connectivity index (χ3n) is 3.64. The molecule has 0 bridgehead atoms. The number of nitrogens with one attached hydrogen (secondary N) is 1. The first kappa shape index (κ1) is 14.5. The van der Waals surface area contributed by atoms with E-state index in [2.05, 4.69) is 32.6 Å². The van der Waals surface area contributed by atoms with Gasteiger partial charge in [-0.05, 0) is 25.3 Å². The fourth-order valence-electron chi connectivity index (χ4n) is 2.42. The number of carbonyl (C=O) groups is 1. The quantitative estimate of drug-likeness (QED) is 0.886. The lowest BCUT2D eigenvalue weighted by molar-refractivity contribution is -0.126. The number of amides is 1. The lowest BCUT2D eigenvalue weighted by atomic mass is 10.2. The highest BCUT2D eigenvalue weighted by atomic mass is 32.1. The highest BCUT2D eigenvalue weighted by Gasteiger charge is 2.25. The Labute approximate surface area is 119 Å². The topological polar surface area (TPSA) is 35.6 Å². The van der Waals surface area contributed by atoms with Crippen LogP contribution in [0, 0.1) is 0 Å². The molecule has 1 aliphatic heterocycles. The Kier molecular flexibility index (Phi) is 5.36. The Balaban J connectivity index is 1.77. The average Bonchev–Trinajstić information content (AvgIpc) is 2.92. The van der Waals surface area contributed by atoms with Gasteiger partial charge in [0.15, 0.2) is 0 Å². The van der Waals surface area contributed by atoms with Crippen molar-refractivity contribution in [3.63, 3.8) is 0 Å². The van der Waals surface area contributed by atoms with Gasteiger partial charge in [-0.3, -0.25) is 14.6 Å². The van der Waals surface area contributed by atoms with Crippen molar-refractivity contribution in [2.75, 3.05) is 32.7 Å². The molecular formula is C14H23N3OS. The number of carbonyl (C=O) groups excluding carboxylic acids is 1. The molecular weight excluding hydrogens is 258 g/mol. The molecule has 0 saturated carbocycles. The van der Waals surface area contributed by atoms with Gasteiger partial charge in [-0.15, -0.1) is 11.3 Å². The molecule has 4 nitrogen and oxygen atoms in total. The summed E-state index contributed by atoms with van der Waals surface area (Å²) >= 11 is 1.82. The van der Waals surface area contributed by atoms with E-state index in [1.807, 2.05) is 25.2 Å². The van der Waals surface area contributed by atoms with Gasteiger partial charge in [-0.1, -0.05) is 6.07 Å². The van der Waals surface area contributed by atoms with Crippen LogP contribution in [-0.4, -0.2) is 54.5 Å². The van der Waals surface area contributed by atoms with Gasteiger partial charge in [0.1, 0.15) is 0 Å². The smallest absolute Gasteiger partial charge is 0.237 e. The Hall–Kier alpha value is -0.910. The van der Waals surface area contributed by atoms with E-state index in [0.29, 0.717) is 6.54 Å². The molecule has 1 atom stereocenters. The highest BCUT2D eigenvalue weighted by Crippen LogP contribution is 2.14. The number of thiophene rings is 1. The minimum atomic E-state index is -0.0103. The van der Waals surface area contributed by atoms with Gasteiger partial charge in [-0.25, -0.2) is 0 Å². The monoisotopic (exact) mass is 281 g/mol. The molecule has 5 heteroatoms. The van der Waals surface area contributed by atoms with E-state index >= 15 is 0 Å². The molecule has 1 fully saturated rings. The number of nitrogens with zero attached hydrogens (tertiary/aromatic N) is 2. The number of rotatable bonds is 5. The average molecular weight is 281 g/mol. The van der Waals surface area contributed by atoms with Crippen molar-refractivity contribution in [2.45, 2.75) is 26.4 Å². The van der Waals surface area contributed by atoms with E-state index in [9.17, 15) is 4.79 Å². The van der Waals surface area contributed by atoms with E-state index in [1.165, 1.54) is 4.88 Å². The fraction of sp³-hybridized carbons (Fsp3) is 0.643. The fourth-order valence-corrected chi connectivity index (χ4v) is 3.17. The van der Waals surface area contributed by atoms with Crippen LogP contribution in [0.3, 0.4) is 0 Å². The zero-order chi connectivity index (χ0) is 13.7. The largest absolute Gasteiger partial charge is 0.355 e. The van der Waals surface area contributed by atoms with Crippen molar-refractivity contribution in [3.8, 4) is 0 Å². The van der Waals surface area contributed by atoms with Gasteiger partial charge in [0, 0.05) is 44.1 Å². The molecule has 1 aromatic rings. The van der Waals surface area contributed by atoms with Crippen LogP contribution >= 0.6 is 11.3 Å². The zero-order valence-electron chi connectivity index (χ0n) is 11.8. The predicted octanol–water partition coefficient (Wildman–Crippen LogP) is 1.39. The van der Waals surface area contributed by atoms with Crippen LogP contribution in [0.4, 0.5) is 0 Å². The molecule has 0 aliphatic carbocycles. The zero-order valence-corrected chi connectivity index (χ0v) is 12.6. The molecule has 2 heterocycles. The Morgan fingerprint density at radius 1 is 1.42 bits per heavy atom. The van der Waals surface area contributed by atoms with E-state index in [0.717, 1.165) is 32.7 Å².